The van der Waals surface area contributed by atoms with Gasteiger partial charge in [0.25, 0.3) is 0 Å². The van der Waals surface area contributed by atoms with Crippen molar-refractivity contribution in [1.29, 1.82) is 0 Å². The van der Waals surface area contributed by atoms with Crippen LogP contribution in [0.5, 0.6) is 0 Å². The van der Waals surface area contributed by atoms with Crippen molar-refractivity contribution >= 4 is 39.0 Å². The topological polar surface area (TPSA) is 47.3 Å². The predicted octanol–water partition coefficient (Wildman–Crippen LogP) is 2.15. The standard InChI is InChI=1S/C9H13BrN2OS2/c10-7-4-15-3-6(7)9(12-11)8-5-14-2-1-13-8/h3-4,8-9,12H,1-2,5,11H2. The molecule has 0 aromatic carbocycles. The van der Waals surface area contributed by atoms with E-state index in [9.17, 15) is 0 Å². The first-order chi connectivity index (χ1) is 7.33. The highest BCUT2D eigenvalue weighted by molar-refractivity contribution is 9.10. The molecule has 2 heterocycles. The summed E-state index contributed by atoms with van der Waals surface area (Å²) < 4.78 is 6.84. The Morgan fingerprint density at radius 3 is 3.00 bits per heavy atom. The van der Waals surface area contributed by atoms with Gasteiger partial charge in [-0.1, -0.05) is 0 Å². The molecule has 0 bridgehead atoms. The summed E-state index contributed by atoms with van der Waals surface area (Å²) in [6, 6.07) is 0.0819. The SMILES string of the molecule is NNC(c1cscc1Br)C1CSCCO1. The Balaban J connectivity index is 2.12. The van der Waals surface area contributed by atoms with Gasteiger partial charge in [-0.25, -0.2) is 0 Å². The molecule has 84 valence electrons. The molecule has 0 saturated carbocycles. The van der Waals surface area contributed by atoms with Gasteiger partial charge in [-0.05, 0) is 26.9 Å². The molecule has 1 aromatic rings. The summed E-state index contributed by atoms with van der Waals surface area (Å²) >= 11 is 7.11. The van der Waals surface area contributed by atoms with Gasteiger partial charge in [-0.2, -0.15) is 23.1 Å². The lowest BCUT2D eigenvalue weighted by Gasteiger charge is -2.29. The average molecular weight is 309 g/mol. The van der Waals surface area contributed by atoms with Crippen LogP contribution in [0, 0.1) is 0 Å². The minimum atomic E-state index is 0.0819. The van der Waals surface area contributed by atoms with E-state index >= 15 is 0 Å². The van der Waals surface area contributed by atoms with E-state index in [1.165, 1.54) is 5.56 Å². The van der Waals surface area contributed by atoms with Crippen molar-refractivity contribution in [2.75, 3.05) is 18.1 Å². The van der Waals surface area contributed by atoms with Crippen molar-refractivity contribution in [2.24, 2.45) is 5.84 Å². The number of hydrazine groups is 1. The molecule has 15 heavy (non-hydrogen) atoms. The molecule has 2 atom stereocenters. The number of nitrogens with two attached hydrogens (primary N) is 1. The second kappa shape index (κ2) is 5.65. The summed E-state index contributed by atoms with van der Waals surface area (Å²) in [5.74, 6) is 7.69. The Morgan fingerprint density at radius 2 is 2.47 bits per heavy atom. The van der Waals surface area contributed by atoms with Crippen LogP contribution >= 0.6 is 39.0 Å². The maximum atomic E-state index is 5.73. The van der Waals surface area contributed by atoms with Crippen LogP contribution in [-0.4, -0.2) is 24.2 Å². The van der Waals surface area contributed by atoms with Crippen LogP contribution in [0.15, 0.2) is 15.2 Å². The van der Waals surface area contributed by atoms with E-state index in [2.05, 4.69) is 32.1 Å². The highest BCUT2D eigenvalue weighted by Crippen LogP contribution is 2.32. The van der Waals surface area contributed by atoms with Crippen molar-refractivity contribution in [3.8, 4) is 0 Å². The Hall–Kier alpha value is 0.410. The van der Waals surface area contributed by atoms with Gasteiger partial charge in [0.2, 0.25) is 0 Å². The van der Waals surface area contributed by atoms with Gasteiger partial charge in [0, 0.05) is 21.4 Å². The Labute approximate surface area is 106 Å². The molecule has 1 fully saturated rings. The second-order valence-electron chi connectivity index (χ2n) is 3.30. The summed E-state index contributed by atoms with van der Waals surface area (Å²) in [6.45, 7) is 0.815. The third kappa shape index (κ3) is 2.75. The molecule has 0 amide bonds. The molecule has 1 aliphatic rings. The van der Waals surface area contributed by atoms with Gasteiger partial charge in [0.05, 0.1) is 18.8 Å². The summed E-state index contributed by atoms with van der Waals surface area (Å²) in [7, 11) is 0. The molecule has 3 nitrogen and oxygen atoms in total. The third-order valence-electron chi connectivity index (χ3n) is 2.37. The molecule has 1 aromatic heterocycles. The van der Waals surface area contributed by atoms with Gasteiger partial charge in [-0.15, -0.1) is 0 Å². The summed E-state index contributed by atoms with van der Waals surface area (Å²) in [4.78, 5) is 0. The number of hydrogen-bond acceptors (Lipinski definition) is 5. The molecule has 0 radical (unpaired) electrons. The minimum Gasteiger partial charge on any atom is -0.374 e. The lowest BCUT2D eigenvalue weighted by Crippen LogP contribution is -2.41. The van der Waals surface area contributed by atoms with Crippen LogP contribution in [0.1, 0.15) is 11.6 Å². The van der Waals surface area contributed by atoms with Gasteiger partial charge < -0.3 is 4.74 Å². The number of halogens is 1. The second-order valence-corrected chi connectivity index (χ2v) is 6.05. The predicted molar refractivity (Wildman–Crippen MR) is 69.1 cm³/mol. The largest absolute Gasteiger partial charge is 0.374 e. The monoisotopic (exact) mass is 308 g/mol. The quantitative estimate of drug-likeness (QED) is 0.663. The fourth-order valence-electron chi connectivity index (χ4n) is 1.61. The number of hydrogen-bond donors (Lipinski definition) is 2. The molecule has 6 heteroatoms. The zero-order valence-corrected chi connectivity index (χ0v) is 11.3. The zero-order valence-electron chi connectivity index (χ0n) is 8.11. The van der Waals surface area contributed by atoms with E-state index in [1.807, 2.05) is 11.8 Å². The van der Waals surface area contributed by atoms with E-state index in [-0.39, 0.29) is 12.1 Å². The normalized spacial score (nSPS) is 24.0. The smallest absolute Gasteiger partial charge is 0.0873 e. The van der Waals surface area contributed by atoms with Crippen molar-refractivity contribution < 1.29 is 4.74 Å². The zero-order chi connectivity index (χ0) is 10.7. The molecular weight excluding hydrogens is 296 g/mol. The lowest BCUT2D eigenvalue weighted by atomic mass is 10.1. The van der Waals surface area contributed by atoms with Gasteiger partial charge >= 0.3 is 0 Å². The number of thiophene rings is 1. The van der Waals surface area contributed by atoms with Crippen molar-refractivity contribution in [1.82, 2.24) is 5.43 Å². The Kier molecular flexibility index (Phi) is 4.48. The van der Waals surface area contributed by atoms with Gasteiger partial charge in [0.1, 0.15) is 0 Å². The highest BCUT2D eigenvalue weighted by Gasteiger charge is 2.27. The molecule has 1 aliphatic heterocycles. The third-order valence-corrected chi connectivity index (χ3v) is 5.14. The maximum Gasteiger partial charge on any atom is 0.0873 e. The van der Waals surface area contributed by atoms with Crippen LogP contribution in [0.4, 0.5) is 0 Å². The molecule has 1 saturated heterocycles. The maximum absolute atomic E-state index is 5.73. The summed E-state index contributed by atoms with van der Waals surface area (Å²) in [6.07, 6.45) is 0.166. The van der Waals surface area contributed by atoms with Crippen LogP contribution < -0.4 is 11.3 Å². The first kappa shape index (κ1) is 11.9. The van der Waals surface area contributed by atoms with Crippen LogP contribution in [0.2, 0.25) is 0 Å². The highest BCUT2D eigenvalue weighted by atomic mass is 79.9. The Bertz CT molecular complexity index is 315. The molecule has 3 N–H and O–H groups in total. The van der Waals surface area contributed by atoms with Gasteiger partial charge in [0.15, 0.2) is 0 Å². The van der Waals surface area contributed by atoms with Crippen molar-refractivity contribution in [3.05, 3.63) is 20.8 Å². The van der Waals surface area contributed by atoms with Crippen LogP contribution in [0.3, 0.4) is 0 Å². The number of thioether (sulfide) groups is 1. The average Bonchev–Trinajstić information content (AvgIpc) is 2.68. The summed E-state index contributed by atoms with van der Waals surface area (Å²) in [5.41, 5.74) is 4.04. The fourth-order valence-corrected chi connectivity index (χ4v) is 4.09. The van der Waals surface area contributed by atoms with Gasteiger partial charge in [-0.3, -0.25) is 11.3 Å². The summed E-state index contributed by atoms with van der Waals surface area (Å²) in [5, 5.41) is 4.17. The lowest BCUT2D eigenvalue weighted by molar-refractivity contribution is 0.0467. The van der Waals surface area contributed by atoms with E-state index < -0.39 is 0 Å². The molecule has 0 spiro atoms. The number of nitrogens with one attached hydrogen (secondary N) is 1. The molecule has 2 rings (SSSR count). The minimum absolute atomic E-state index is 0.0819. The first-order valence-electron chi connectivity index (χ1n) is 4.70. The van der Waals surface area contributed by atoms with E-state index in [4.69, 9.17) is 10.6 Å². The number of rotatable bonds is 3. The Morgan fingerprint density at radius 1 is 1.60 bits per heavy atom. The van der Waals surface area contributed by atoms with Crippen LogP contribution in [0.25, 0.3) is 0 Å². The van der Waals surface area contributed by atoms with E-state index in [0.717, 1.165) is 22.6 Å². The molecule has 0 aliphatic carbocycles. The first-order valence-corrected chi connectivity index (χ1v) is 7.59. The molecule has 2 unspecified atom stereocenters. The van der Waals surface area contributed by atoms with Crippen LogP contribution in [-0.2, 0) is 4.74 Å². The van der Waals surface area contributed by atoms with Crippen molar-refractivity contribution in [2.45, 2.75) is 12.1 Å². The van der Waals surface area contributed by atoms with Crippen molar-refractivity contribution in [3.63, 3.8) is 0 Å². The van der Waals surface area contributed by atoms with E-state index in [1.54, 1.807) is 11.3 Å². The molecular formula is C9H13BrN2OS2. The van der Waals surface area contributed by atoms with E-state index in [0.29, 0.717) is 0 Å². The number of ether oxygens (including phenoxy) is 1. The fraction of sp³-hybridized carbons (Fsp3) is 0.556.